The van der Waals surface area contributed by atoms with Gasteiger partial charge in [-0.15, -0.1) is 0 Å². The van der Waals surface area contributed by atoms with Gasteiger partial charge in [-0.1, -0.05) is 11.6 Å². The first-order valence-corrected chi connectivity index (χ1v) is 12.9. The summed E-state index contributed by atoms with van der Waals surface area (Å²) in [6.07, 6.45) is -6.67. The molecule has 1 fully saturated rings. The SMILES string of the molecule is COc1ccc(OP(OCC2(C(F)F)CC(F)(F)C(n3cc(Cl)c(N)nc3=O)O2)Oc2ccc(OC)cc2)cc1. The van der Waals surface area contributed by atoms with E-state index < -0.39 is 57.3 Å². The van der Waals surface area contributed by atoms with Gasteiger partial charge in [0.1, 0.15) is 28.8 Å². The Balaban J connectivity index is 1.59. The Morgan fingerprint density at radius 2 is 1.55 bits per heavy atom. The maximum Gasteiger partial charge on any atom is 0.463 e. The van der Waals surface area contributed by atoms with Crippen LogP contribution >= 0.6 is 20.2 Å². The summed E-state index contributed by atoms with van der Waals surface area (Å²) < 4.78 is 91.5. The quantitative estimate of drug-likeness (QED) is 0.224. The van der Waals surface area contributed by atoms with Gasteiger partial charge in [0.2, 0.25) is 6.23 Å². The summed E-state index contributed by atoms with van der Waals surface area (Å²) in [6.45, 7) is -1.08. The third-order valence-corrected chi connectivity index (χ3v) is 7.07. The highest BCUT2D eigenvalue weighted by molar-refractivity contribution is 7.42. The van der Waals surface area contributed by atoms with Crippen molar-refractivity contribution in [1.29, 1.82) is 0 Å². The Morgan fingerprint density at radius 3 is 2.02 bits per heavy atom. The molecular weight excluding hydrogens is 585 g/mol. The van der Waals surface area contributed by atoms with Crippen molar-refractivity contribution in [2.24, 2.45) is 0 Å². The summed E-state index contributed by atoms with van der Waals surface area (Å²) in [5.41, 5.74) is 1.32. The second-order valence-corrected chi connectivity index (χ2v) is 9.95. The summed E-state index contributed by atoms with van der Waals surface area (Å²) in [4.78, 5) is 15.6. The Kier molecular flexibility index (Phi) is 8.93. The van der Waals surface area contributed by atoms with Crippen LogP contribution in [0.3, 0.4) is 0 Å². The maximum absolute atomic E-state index is 15.1. The van der Waals surface area contributed by atoms with Crippen LogP contribution in [0.2, 0.25) is 5.02 Å². The Labute approximate surface area is 231 Å². The third-order valence-electron chi connectivity index (χ3n) is 5.72. The molecule has 2 aromatic carbocycles. The van der Waals surface area contributed by atoms with Gasteiger partial charge in [-0.2, -0.15) is 4.98 Å². The number of hydrogen-bond acceptors (Lipinski definition) is 9. The van der Waals surface area contributed by atoms with E-state index in [4.69, 9.17) is 45.1 Å². The largest absolute Gasteiger partial charge is 0.497 e. The van der Waals surface area contributed by atoms with Crippen LogP contribution < -0.4 is 29.9 Å². The minimum absolute atomic E-state index is 0.219. The highest BCUT2D eigenvalue weighted by atomic mass is 35.5. The Bertz CT molecular complexity index is 1320. The fourth-order valence-corrected chi connectivity index (χ4v) is 4.88. The molecule has 0 bridgehead atoms. The van der Waals surface area contributed by atoms with E-state index in [1.165, 1.54) is 38.5 Å². The number of rotatable bonds is 11. The first-order valence-electron chi connectivity index (χ1n) is 11.4. The number of nitrogens with zero attached hydrogens (tertiary/aromatic N) is 2. The van der Waals surface area contributed by atoms with Crippen LogP contribution in [0, 0.1) is 0 Å². The number of anilines is 1. The first kappa shape index (κ1) is 29.7. The first-order chi connectivity index (χ1) is 19.0. The highest BCUT2D eigenvalue weighted by Crippen LogP contribution is 2.52. The van der Waals surface area contributed by atoms with Crippen LogP contribution in [-0.2, 0) is 9.26 Å². The molecule has 216 valence electrons. The van der Waals surface area contributed by atoms with Gasteiger partial charge < -0.3 is 29.0 Å². The molecule has 40 heavy (non-hydrogen) atoms. The molecule has 0 radical (unpaired) electrons. The van der Waals surface area contributed by atoms with E-state index in [1.54, 1.807) is 24.3 Å². The Hall–Kier alpha value is -3.32. The monoisotopic (exact) mass is 607 g/mol. The fourth-order valence-electron chi connectivity index (χ4n) is 3.68. The van der Waals surface area contributed by atoms with Crippen LogP contribution in [0.4, 0.5) is 23.4 Å². The molecule has 1 aromatic heterocycles. The molecule has 0 saturated carbocycles. The van der Waals surface area contributed by atoms with Crippen molar-refractivity contribution in [2.45, 2.75) is 30.6 Å². The number of aromatic nitrogens is 2. The van der Waals surface area contributed by atoms with E-state index in [-0.39, 0.29) is 16.5 Å². The molecule has 10 nitrogen and oxygen atoms in total. The van der Waals surface area contributed by atoms with Gasteiger partial charge in [-0.3, -0.25) is 9.09 Å². The lowest BCUT2D eigenvalue weighted by molar-refractivity contribution is -0.181. The lowest BCUT2D eigenvalue weighted by Gasteiger charge is -2.29. The molecule has 1 saturated heterocycles. The van der Waals surface area contributed by atoms with Crippen molar-refractivity contribution in [3.63, 3.8) is 0 Å². The summed E-state index contributed by atoms with van der Waals surface area (Å²) in [6, 6.07) is 12.3. The topological polar surface area (TPSA) is 116 Å². The standard InChI is InChI=1S/C24H23ClF4N3O7P/c1-34-14-3-7-16(8-4-14)38-40(39-17-9-5-15(35-2)6-10-17)36-13-23(20(26)27)12-24(28,29)21(37-23)32-11-18(25)19(30)31-22(32)33/h3-11,20-21H,12-13H2,1-2H3,(H2,30,31,33). The summed E-state index contributed by atoms with van der Waals surface area (Å²) in [7, 11) is 0.448. The van der Waals surface area contributed by atoms with Gasteiger partial charge in [0.05, 0.1) is 32.3 Å². The number of benzene rings is 2. The van der Waals surface area contributed by atoms with Crippen LogP contribution in [0.25, 0.3) is 0 Å². The molecule has 16 heteroatoms. The molecular formula is C24H23ClF4N3O7P. The molecule has 0 aliphatic carbocycles. The van der Waals surface area contributed by atoms with Crippen molar-refractivity contribution >= 4 is 26.0 Å². The second kappa shape index (κ2) is 12.0. The molecule has 0 spiro atoms. The number of nitrogen functional groups attached to an aromatic ring is 1. The van der Waals surface area contributed by atoms with Crippen LogP contribution in [-0.4, -0.2) is 48.3 Å². The van der Waals surface area contributed by atoms with Crippen molar-refractivity contribution in [3.05, 3.63) is 70.2 Å². The summed E-state index contributed by atoms with van der Waals surface area (Å²) >= 11 is 5.82. The molecule has 2 atom stereocenters. The van der Waals surface area contributed by atoms with E-state index in [2.05, 4.69) is 4.98 Å². The predicted octanol–water partition coefficient (Wildman–Crippen LogP) is 5.46. The average molecular weight is 608 g/mol. The van der Waals surface area contributed by atoms with Crippen molar-refractivity contribution in [2.75, 3.05) is 26.6 Å². The van der Waals surface area contributed by atoms with Gasteiger partial charge in [-0.25, -0.2) is 22.4 Å². The molecule has 3 aromatic rings. The minimum Gasteiger partial charge on any atom is -0.497 e. The minimum atomic E-state index is -3.94. The van der Waals surface area contributed by atoms with Gasteiger partial charge >= 0.3 is 14.3 Å². The van der Waals surface area contributed by atoms with Crippen molar-refractivity contribution < 1.29 is 45.3 Å². The molecule has 1 aliphatic rings. The van der Waals surface area contributed by atoms with E-state index in [0.717, 1.165) is 6.20 Å². The fraction of sp³-hybridized carbons (Fsp3) is 0.333. The van der Waals surface area contributed by atoms with E-state index in [9.17, 15) is 13.6 Å². The number of ether oxygens (including phenoxy) is 3. The average Bonchev–Trinajstić information content (AvgIpc) is 3.21. The lowest BCUT2D eigenvalue weighted by Crippen LogP contribution is -2.42. The maximum atomic E-state index is 15.1. The van der Waals surface area contributed by atoms with Crippen LogP contribution in [0.15, 0.2) is 59.5 Å². The Morgan fingerprint density at radius 1 is 1.05 bits per heavy atom. The van der Waals surface area contributed by atoms with Crippen LogP contribution in [0.1, 0.15) is 12.6 Å². The van der Waals surface area contributed by atoms with Crippen molar-refractivity contribution in [1.82, 2.24) is 9.55 Å². The van der Waals surface area contributed by atoms with Gasteiger partial charge in [0, 0.05) is 6.20 Å². The predicted molar refractivity (Wildman–Crippen MR) is 136 cm³/mol. The zero-order valence-corrected chi connectivity index (χ0v) is 22.6. The lowest BCUT2D eigenvalue weighted by atomic mass is 10.00. The number of nitrogens with two attached hydrogens (primary N) is 1. The molecule has 0 amide bonds. The zero-order chi connectivity index (χ0) is 29.1. The van der Waals surface area contributed by atoms with E-state index >= 15 is 8.78 Å². The molecule has 1 aliphatic heterocycles. The van der Waals surface area contributed by atoms with E-state index in [1.807, 2.05) is 0 Å². The molecule has 2 heterocycles. The molecule has 2 unspecified atom stereocenters. The molecule has 4 rings (SSSR count). The number of methoxy groups -OCH3 is 2. The number of hydrogen-bond donors (Lipinski definition) is 1. The summed E-state index contributed by atoms with van der Waals surface area (Å²) in [5, 5.41) is -0.339. The number of alkyl halides is 4. The third kappa shape index (κ3) is 6.52. The summed E-state index contributed by atoms with van der Waals surface area (Å²) in [5.74, 6) is -2.88. The van der Waals surface area contributed by atoms with E-state index in [0.29, 0.717) is 16.1 Å². The normalized spacial score (nSPS) is 20.1. The second-order valence-electron chi connectivity index (χ2n) is 8.47. The van der Waals surface area contributed by atoms with Crippen LogP contribution in [0.5, 0.6) is 23.0 Å². The van der Waals surface area contributed by atoms with Gasteiger partial charge in [0.15, 0.2) is 5.60 Å². The van der Waals surface area contributed by atoms with Gasteiger partial charge in [0.25, 0.3) is 12.3 Å². The highest BCUT2D eigenvalue weighted by Gasteiger charge is 2.63. The van der Waals surface area contributed by atoms with Gasteiger partial charge in [-0.05, 0) is 48.5 Å². The molecule has 2 N–H and O–H groups in total. The smallest absolute Gasteiger partial charge is 0.463 e. The number of halogens is 5. The van der Waals surface area contributed by atoms with Crippen molar-refractivity contribution in [3.8, 4) is 23.0 Å². The zero-order valence-electron chi connectivity index (χ0n) is 20.9.